The predicted molar refractivity (Wildman–Crippen MR) is 103 cm³/mol. The maximum atomic E-state index is 14.5. The van der Waals surface area contributed by atoms with E-state index >= 15 is 0 Å². The molecule has 1 fully saturated rings. The lowest BCUT2D eigenvalue weighted by atomic mass is 10.0. The van der Waals surface area contributed by atoms with Crippen LogP contribution in [0.5, 0.6) is 5.75 Å². The number of fused-ring (bicyclic) bond motifs is 1. The van der Waals surface area contributed by atoms with E-state index in [2.05, 4.69) is 16.3 Å². The highest BCUT2D eigenvalue weighted by atomic mass is 35.5. The van der Waals surface area contributed by atoms with Gasteiger partial charge in [-0.2, -0.15) is 0 Å². The number of anilines is 1. The standard InChI is InChI=1S/C21H24ClFN2O/c1-21(17-9-8-16(22)14-18(17)23)24-20-15(6-5-7-19(20)26-21)10-13-25-11-3-2-4-12-25/h5-9,14,24H,2-4,10-13H2,1H3. The fraction of sp³-hybridized carbons (Fsp3) is 0.429. The second kappa shape index (κ2) is 7.09. The zero-order chi connectivity index (χ0) is 18.1. The van der Waals surface area contributed by atoms with Gasteiger partial charge in [-0.1, -0.05) is 30.2 Å². The number of nitrogens with one attached hydrogen (secondary N) is 1. The average molecular weight is 375 g/mol. The van der Waals surface area contributed by atoms with Crippen LogP contribution in [0.3, 0.4) is 0 Å². The summed E-state index contributed by atoms with van der Waals surface area (Å²) in [6.07, 6.45) is 4.89. The Morgan fingerprint density at radius 2 is 2.00 bits per heavy atom. The number of hydrogen-bond donors (Lipinski definition) is 1. The highest BCUT2D eigenvalue weighted by Gasteiger charge is 2.39. The Morgan fingerprint density at radius 1 is 1.19 bits per heavy atom. The molecule has 0 amide bonds. The molecule has 1 unspecified atom stereocenters. The lowest BCUT2D eigenvalue weighted by Gasteiger charge is -2.27. The number of rotatable bonds is 4. The topological polar surface area (TPSA) is 24.5 Å². The summed E-state index contributed by atoms with van der Waals surface area (Å²) < 4.78 is 20.6. The minimum absolute atomic E-state index is 0.366. The number of likely N-dealkylation sites (tertiary alicyclic amines) is 1. The molecule has 0 radical (unpaired) electrons. The van der Waals surface area contributed by atoms with Crippen molar-refractivity contribution in [3.05, 3.63) is 58.4 Å². The van der Waals surface area contributed by atoms with Crippen LogP contribution in [0.15, 0.2) is 36.4 Å². The zero-order valence-electron chi connectivity index (χ0n) is 15.0. The summed E-state index contributed by atoms with van der Waals surface area (Å²) in [6.45, 7) is 5.27. The van der Waals surface area contributed by atoms with Crippen LogP contribution in [0.1, 0.15) is 37.3 Å². The van der Waals surface area contributed by atoms with Gasteiger partial charge in [-0.3, -0.25) is 0 Å². The molecule has 0 aliphatic carbocycles. The normalized spacial score (nSPS) is 22.6. The fourth-order valence-corrected chi connectivity index (χ4v) is 4.11. The van der Waals surface area contributed by atoms with Gasteiger partial charge in [-0.05, 0) is 69.1 Å². The largest absolute Gasteiger partial charge is 0.462 e. The molecule has 2 aliphatic heterocycles. The third-order valence-electron chi connectivity index (χ3n) is 5.38. The Hall–Kier alpha value is -1.78. The highest BCUT2D eigenvalue weighted by molar-refractivity contribution is 6.30. The monoisotopic (exact) mass is 374 g/mol. The summed E-state index contributed by atoms with van der Waals surface area (Å²) >= 11 is 5.89. The summed E-state index contributed by atoms with van der Waals surface area (Å²) in [7, 11) is 0. The zero-order valence-corrected chi connectivity index (χ0v) is 15.8. The van der Waals surface area contributed by atoms with E-state index in [1.54, 1.807) is 12.1 Å². The number of hydrogen-bond acceptors (Lipinski definition) is 3. The molecule has 2 aliphatic rings. The molecule has 138 valence electrons. The van der Waals surface area contributed by atoms with Crippen molar-refractivity contribution in [3.8, 4) is 5.75 Å². The molecule has 1 atom stereocenters. The Bertz CT molecular complexity index is 807. The first-order chi connectivity index (χ1) is 12.5. The minimum atomic E-state index is -0.932. The van der Waals surface area contributed by atoms with Crippen LogP contribution in [-0.4, -0.2) is 24.5 Å². The molecular weight excluding hydrogens is 351 g/mol. The fourth-order valence-electron chi connectivity index (χ4n) is 3.96. The first-order valence-electron chi connectivity index (χ1n) is 9.32. The van der Waals surface area contributed by atoms with Crippen LogP contribution in [0, 0.1) is 5.82 Å². The van der Waals surface area contributed by atoms with E-state index < -0.39 is 5.72 Å². The molecule has 1 saturated heterocycles. The third-order valence-corrected chi connectivity index (χ3v) is 5.62. The Morgan fingerprint density at radius 3 is 2.77 bits per heavy atom. The molecule has 5 heteroatoms. The Balaban J connectivity index is 1.54. The summed E-state index contributed by atoms with van der Waals surface area (Å²) in [6, 6.07) is 10.8. The van der Waals surface area contributed by atoms with Gasteiger partial charge in [0.2, 0.25) is 5.72 Å². The van der Waals surface area contributed by atoms with Gasteiger partial charge in [0.15, 0.2) is 0 Å². The number of piperidine rings is 1. The van der Waals surface area contributed by atoms with Gasteiger partial charge < -0.3 is 15.0 Å². The van der Waals surface area contributed by atoms with Gasteiger partial charge in [-0.25, -0.2) is 4.39 Å². The van der Waals surface area contributed by atoms with Crippen LogP contribution >= 0.6 is 11.6 Å². The summed E-state index contributed by atoms with van der Waals surface area (Å²) in [5.41, 5.74) is 1.71. The molecule has 0 bridgehead atoms. The maximum Gasteiger partial charge on any atom is 0.207 e. The smallest absolute Gasteiger partial charge is 0.207 e. The maximum absolute atomic E-state index is 14.5. The van der Waals surface area contributed by atoms with E-state index in [0.717, 1.165) is 24.4 Å². The quantitative estimate of drug-likeness (QED) is 0.797. The molecule has 26 heavy (non-hydrogen) atoms. The number of ether oxygens (including phenoxy) is 1. The third kappa shape index (κ3) is 3.40. The first kappa shape index (κ1) is 17.6. The molecule has 0 aromatic heterocycles. The van der Waals surface area contributed by atoms with Gasteiger partial charge in [0, 0.05) is 11.6 Å². The highest BCUT2D eigenvalue weighted by Crippen LogP contribution is 2.44. The molecule has 4 rings (SSSR count). The van der Waals surface area contributed by atoms with Crippen molar-refractivity contribution >= 4 is 17.3 Å². The molecule has 3 nitrogen and oxygen atoms in total. The number of benzene rings is 2. The van der Waals surface area contributed by atoms with Crippen molar-refractivity contribution in [3.63, 3.8) is 0 Å². The van der Waals surface area contributed by atoms with E-state index in [1.165, 1.54) is 44.0 Å². The van der Waals surface area contributed by atoms with Crippen LogP contribution in [-0.2, 0) is 12.1 Å². The molecular formula is C21H24ClFN2O. The molecule has 1 N–H and O–H groups in total. The van der Waals surface area contributed by atoms with Crippen LogP contribution in [0.4, 0.5) is 10.1 Å². The van der Waals surface area contributed by atoms with Gasteiger partial charge in [0.05, 0.1) is 11.3 Å². The second-order valence-electron chi connectivity index (χ2n) is 7.33. The number of halogens is 2. The summed E-state index contributed by atoms with van der Waals surface area (Å²) in [4.78, 5) is 2.52. The van der Waals surface area contributed by atoms with E-state index in [1.807, 2.05) is 19.1 Å². The molecule has 2 aromatic carbocycles. The Labute approximate surface area is 159 Å². The molecule has 0 spiro atoms. The predicted octanol–water partition coefficient (Wildman–Crippen LogP) is 5.18. The van der Waals surface area contributed by atoms with E-state index in [9.17, 15) is 4.39 Å². The van der Waals surface area contributed by atoms with Crippen molar-refractivity contribution in [1.29, 1.82) is 0 Å². The van der Waals surface area contributed by atoms with Gasteiger partial charge in [0.25, 0.3) is 0 Å². The Kier molecular flexibility index (Phi) is 4.80. The van der Waals surface area contributed by atoms with Gasteiger partial charge in [-0.15, -0.1) is 0 Å². The van der Waals surface area contributed by atoms with Crippen LogP contribution in [0.2, 0.25) is 5.02 Å². The van der Waals surface area contributed by atoms with E-state index in [4.69, 9.17) is 16.3 Å². The minimum Gasteiger partial charge on any atom is -0.462 e. The molecule has 0 saturated carbocycles. The SMILES string of the molecule is CC1(c2ccc(Cl)cc2F)Nc2c(CCN3CCCCC3)cccc2O1. The lowest BCUT2D eigenvalue weighted by molar-refractivity contribution is 0.135. The van der Waals surface area contributed by atoms with Gasteiger partial charge in [0.1, 0.15) is 11.6 Å². The molecule has 2 heterocycles. The van der Waals surface area contributed by atoms with Crippen molar-refractivity contribution in [2.24, 2.45) is 0 Å². The molecule has 2 aromatic rings. The number of nitrogens with zero attached hydrogens (tertiary/aromatic N) is 1. The average Bonchev–Trinajstić information content (AvgIpc) is 2.98. The summed E-state index contributed by atoms with van der Waals surface area (Å²) in [5, 5.41) is 3.80. The van der Waals surface area contributed by atoms with Crippen molar-refractivity contribution in [1.82, 2.24) is 4.90 Å². The number of para-hydroxylation sites is 1. The van der Waals surface area contributed by atoms with E-state index in [-0.39, 0.29) is 5.82 Å². The summed E-state index contributed by atoms with van der Waals surface area (Å²) in [5.74, 6) is 0.410. The van der Waals surface area contributed by atoms with Gasteiger partial charge >= 0.3 is 0 Å². The van der Waals surface area contributed by atoms with E-state index in [0.29, 0.717) is 10.6 Å². The van der Waals surface area contributed by atoms with Crippen molar-refractivity contribution in [2.75, 3.05) is 25.0 Å². The van der Waals surface area contributed by atoms with Crippen LogP contribution < -0.4 is 10.1 Å². The van der Waals surface area contributed by atoms with Crippen LogP contribution in [0.25, 0.3) is 0 Å². The van der Waals surface area contributed by atoms with Crippen molar-refractivity contribution in [2.45, 2.75) is 38.3 Å². The second-order valence-corrected chi connectivity index (χ2v) is 7.76. The van der Waals surface area contributed by atoms with Crippen molar-refractivity contribution < 1.29 is 9.13 Å². The first-order valence-corrected chi connectivity index (χ1v) is 9.70. The lowest BCUT2D eigenvalue weighted by Crippen LogP contribution is -2.34.